The maximum absolute atomic E-state index is 12.0. The number of rotatable bonds is 8. The Balaban J connectivity index is 4.94. The van der Waals surface area contributed by atoms with E-state index in [0.717, 1.165) is 6.29 Å². The summed E-state index contributed by atoms with van der Waals surface area (Å²) >= 11 is 0. The van der Waals surface area contributed by atoms with Crippen molar-refractivity contribution in [1.82, 2.24) is 4.90 Å². The Bertz CT molecular complexity index is 329. The van der Waals surface area contributed by atoms with Gasteiger partial charge in [0.15, 0.2) is 0 Å². The van der Waals surface area contributed by atoms with Crippen molar-refractivity contribution in [2.24, 2.45) is 23.5 Å². The summed E-state index contributed by atoms with van der Waals surface area (Å²) in [4.78, 5) is 35.6. The molecule has 3 atom stereocenters. The monoisotopic (exact) mass is 270 g/mol. The van der Waals surface area contributed by atoms with Crippen LogP contribution in [-0.4, -0.2) is 36.1 Å². The minimum absolute atomic E-state index is 0.00398. The summed E-state index contributed by atoms with van der Waals surface area (Å²) in [6, 6.07) is -0.666. The van der Waals surface area contributed by atoms with Crippen LogP contribution in [-0.2, 0) is 14.4 Å². The fraction of sp³-hybridized carbons (Fsp3) is 0.786. The largest absolute Gasteiger partial charge is 0.368 e. The lowest BCUT2D eigenvalue weighted by molar-refractivity contribution is -0.140. The molecule has 0 saturated carbocycles. The van der Waals surface area contributed by atoms with E-state index in [0.29, 0.717) is 12.8 Å². The van der Waals surface area contributed by atoms with Gasteiger partial charge in [-0.25, -0.2) is 0 Å². The maximum atomic E-state index is 12.0. The molecule has 0 aliphatic rings. The lowest BCUT2D eigenvalue weighted by Crippen LogP contribution is -2.51. The van der Waals surface area contributed by atoms with Crippen LogP contribution < -0.4 is 5.73 Å². The number of nitrogens with zero attached hydrogens (tertiary/aromatic N) is 1. The van der Waals surface area contributed by atoms with Gasteiger partial charge < -0.3 is 15.4 Å². The number of primary amides is 1. The van der Waals surface area contributed by atoms with Gasteiger partial charge in [0.2, 0.25) is 11.8 Å². The van der Waals surface area contributed by atoms with Crippen molar-refractivity contribution in [3.05, 3.63) is 0 Å². The van der Waals surface area contributed by atoms with Gasteiger partial charge in [-0.15, -0.1) is 0 Å². The molecule has 19 heavy (non-hydrogen) atoms. The maximum Gasteiger partial charge on any atom is 0.240 e. The molecular weight excluding hydrogens is 244 g/mol. The molecule has 0 rings (SSSR count). The number of carbonyl (C=O) groups is 3. The Morgan fingerprint density at radius 2 is 1.74 bits per heavy atom. The molecule has 0 heterocycles. The van der Waals surface area contributed by atoms with Crippen molar-refractivity contribution in [2.75, 3.05) is 7.05 Å². The van der Waals surface area contributed by atoms with Gasteiger partial charge in [-0.1, -0.05) is 27.7 Å². The van der Waals surface area contributed by atoms with E-state index in [2.05, 4.69) is 0 Å². The average molecular weight is 270 g/mol. The second kappa shape index (κ2) is 7.92. The highest BCUT2D eigenvalue weighted by molar-refractivity contribution is 5.86. The summed E-state index contributed by atoms with van der Waals surface area (Å²) in [6.07, 6.45) is 1.57. The van der Waals surface area contributed by atoms with E-state index in [1.165, 1.54) is 4.90 Å². The van der Waals surface area contributed by atoms with E-state index < -0.39 is 11.9 Å². The van der Waals surface area contributed by atoms with Crippen molar-refractivity contribution in [1.29, 1.82) is 0 Å². The first-order valence-electron chi connectivity index (χ1n) is 6.70. The number of amides is 2. The summed E-state index contributed by atoms with van der Waals surface area (Å²) in [5.41, 5.74) is 5.42. The topological polar surface area (TPSA) is 80.5 Å². The molecule has 5 nitrogen and oxygen atoms in total. The zero-order valence-corrected chi connectivity index (χ0v) is 12.6. The number of likely N-dealkylation sites (N-methyl/N-ethyl adjacent to an activating group) is 1. The SMILES string of the molecule is CC(C)CC(=O)N(C)C(C(N)=O)C(C)C(C)CC=O. The fourth-order valence-corrected chi connectivity index (χ4v) is 2.13. The van der Waals surface area contributed by atoms with Crippen LogP contribution in [0.5, 0.6) is 0 Å². The summed E-state index contributed by atoms with van der Waals surface area (Å²) in [7, 11) is 1.60. The summed E-state index contributed by atoms with van der Waals surface area (Å²) < 4.78 is 0. The second-order valence-electron chi connectivity index (χ2n) is 5.69. The third-order valence-electron chi connectivity index (χ3n) is 3.55. The van der Waals surface area contributed by atoms with Gasteiger partial charge in [0.1, 0.15) is 12.3 Å². The zero-order chi connectivity index (χ0) is 15.2. The van der Waals surface area contributed by atoms with Gasteiger partial charge in [-0.3, -0.25) is 9.59 Å². The number of hydrogen-bond donors (Lipinski definition) is 1. The Kier molecular flexibility index (Phi) is 7.34. The summed E-state index contributed by atoms with van der Waals surface area (Å²) in [6.45, 7) is 7.63. The quantitative estimate of drug-likeness (QED) is 0.673. The van der Waals surface area contributed by atoms with E-state index >= 15 is 0 Å². The first-order valence-corrected chi connectivity index (χ1v) is 6.70. The van der Waals surface area contributed by atoms with Gasteiger partial charge in [0, 0.05) is 19.9 Å². The van der Waals surface area contributed by atoms with E-state index in [9.17, 15) is 14.4 Å². The number of aldehydes is 1. The predicted octanol–water partition coefficient (Wildman–Crippen LogP) is 1.21. The molecule has 2 amide bonds. The summed E-state index contributed by atoms with van der Waals surface area (Å²) in [5, 5.41) is 0. The molecule has 0 fully saturated rings. The molecule has 0 aromatic heterocycles. The van der Waals surface area contributed by atoms with Crippen LogP contribution in [0.4, 0.5) is 0 Å². The molecule has 0 bridgehead atoms. The molecule has 3 unspecified atom stereocenters. The zero-order valence-electron chi connectivity index (χ0n) is 12.6. The van der Waals surface area contributed by atoms with Crippen LogP contribution in [0.15, 0.2) is 0 Å². The Labute approximate surface area is 115 Å². The second-order valence-corrected chi connectivity index (χ2v) is 5.69. The van der Waals surface area contributed by atoms with Gasteiger partial charge in [0.05, 0.1) is 0 Å². The molecule has 5 heteroatoms. The highest BCUT2D eigenvalue weighted by atomic mass is 16.2. The van der Waals surface area contributed by atoms with Gasteiger partial charge >= 0.3 is 0 Å². The first kappa shape index (κ1) is 17.6. The predicted molar refractivity (Wildman–Crippen MR) is 74.2 cm³/mol. The fourth-order valence-electron chi connectivity index (χ4n) is 2.13. The van der Waals surface area contributed by atoms with Crippen LogP contribution in [0.25, 0.3) is 0 Å². The Hall–Kier alpha value is -1.39. The van der Waals surface area contributed by atoms with E-state index in [1.54, 1.807) is 7.05 Å². The first-order chi connectivity index (χ1) is 8.72. The molecule has 0 aromatic carbocycles. The van der Waals surface area contributed by atoms with Gasteiger partial charge in [-0.2, -0.15) is 0 Å². The summed E-state index contributed by atoms with van der Waals surface area (Å²) in [5.74, 6) is -0.534. The molecule has 0 aromatic rings. The number of carbonyl (C=O) groups excluding carboxylic acids is 3. The molecule has 0 radical (unpaired) electrons. The van der Waals surface area contributed by atoms with Crippen LogP contribution >= 0.6 is 0 Å². The smallest absolute Gasteiger partial charge is 0.240 e. The highest BCUT2D eigenvalue weighted by Gasteiger charge is 2.33. The molecule has 0 saturated heterocycles. The highest BCUT2D eigenvalue weighted by Crippen LogP contribution is 2.22. The van der Waals surface area contributed by atoms with E-state index in [1.807, 2.05) is 27.7 Å². The molecule has 0 spiro atoms. The minimum Gasteiger partial charge on any atom is -0.368 e. The minimum atomic E-state index is -0.666. The van der Waals surface area contributed by atoms with Crippen LogP contribution in [0, 0.1) is 17.8 Å². The Morgan fingerprint density at radius 3 is 2.11 bits per heavy atom. The Morgan fingerprint density at radius 1 is 1.21 bits per heavy atom. The van der Waals surface area contributed by atoms with Gasteiger partial charge in [-0.05, 0) is 17.8 Å². The van der Waals surface area contributed by atoms with E-state index in [4.69, 9.17) is 5.73 Å². The number of nitrogens with two attached hydrogens (primary N) is 1. The third kappa shape index (κ3) is 5.41. The van der Waals surface area contributed by atoms with Crippen molar-refractivity contribution in [2.45, 2.75) is 46.6 Å². The van der Waals surface area contributed by atoms with Crippen molar-refractivity contribution in [3.63, 3.8) is 0 Å². The van der Waals surface area contributed by atoms with Crippen LogP contribution in [0.1, 0.15) is 40.5 Å². The third-order valence-corrected chi connectivity index (χ3v) is 3.55. The molecular formula is C14H26N2O3. The molecule has 0 aliphatic carbocycles. The van der Waals surface area contributed by atoms with E-state index in [-0.39, 0.29) is 23.7 Å². The lowest BCUT2D eigenvalue weighted by atomic mass is 9.85. The van der Waals surface area contributed by atoms with Gasteiger partial charge in [0.25, 0.3) is 0 Å². The normalized spacial score (nSPS) is 15.7. The lowest BCUT2D eigenvalue weighted by Gasteiger charge is -2.33. The average Bonchev–Trinajstić information content (AvgIpc) is 2.27. The van der Waals surface area contributed by atoms with Crippen LogP contribution in [0.3, 0.4) is 0 Å². The molecule has 0 aliphatic heterocycles. The van der Waals surface area contributed by atoms with Crippen molar-refractivity contribution < 1.29 is 14.4 Å². The standard InChI is InChI=1S/C14H26N2O3/c1-9(2)8-12(18)16(5)13(14(15)19)11(4)10(3)6-7-17/h7,9-11,13H,6,8H2,1-5H3,(H2,15,19). The van der Waals surface area contributed by atoms with Crippen LogP contribution in [0.2, 0.25) is 0 Å². The number of hydrogen-bond acceptors (Lipinski definition) is 3. The van der Waals surface area contributed by atoms with Crippen molar-refractivity contribution in [3.8, 4) is 0 Å². The molecule has 110 valence electrons. The molecule has 2 N–H and O–H groups in total. The van der Waals surface area contributed by atoms with Crippen molar-refractivity contribution >= 4 is 18.1 Å².